The minimum atomic E-state index is -4.48. The van der Waals surface area contributed by atoms with Crippen molar-refractivity contribution >= 4 is 11.8 Å². The van der Waals surface area contributed by atoms with E-state index in [0.717, 1.165) is 25.0 Å². The van der Waals surface area contributed by atoms with Gasteiger partial charge in [-0.3, -0.25) is 9.59 Å². The van der Waals surface area contributed by atoms with Crippen molar-refractivity contribution in [3.05, 3.63) is 47.3 Å². The Balaban J connectivity index is 1.84. The van der Waals surface area contributed by atoms with Crippen molar-refractivity contribution in [2.24, 2.45) is 0 Å². The van der Waals surface area contributed by atoms with Gasteiger partial charge < -0.3 is 10.6 Å². The number of halogens is 3. The van der Waals surface area contributed by atoms with Crippen LogP contribution in [0.15, 0.2) is 30.5 Å². The number of benzene rings is 1. The molecule has 28 heavy (non-hydrogen) atoms. The molecule has 9 heteroatoms. The molecule has 1 heterocycles. The number of amides is 2. The fourth-order valence-corrected chi connectivity index (χ4v) is 2.77. The average molecular weight is 390 g/mol. The van der Waals surface area contributed by atoms with E-state index >= 15 is 0 Å². The first-order valence-corrected chi connectivity index (χ1v) is 8.55. The number of hydrogen-bond donors (Lipinski definition) is 2. The first-order chi connectivity index (χ1) is 13.3. The number of nitrogens with zero attached hydrogens (tertiary/aromatic N) is 2. The molecule has 1 aliphatic carbocycles. The standard InChI is InChI=1S/C19H17F3N4O2/c1-2-8-23-16(27)11-24-18(28)15-10-25-26(17(15)12-6-7-12)14-5-3-4-13(9-14)19(20,21)22/h1,3-5,9-10,12H,6-8,11H2,(H,23,27)(H,24,28). The van der Waals surface area contributed by atoms with E-state index in [1.54, 1.807) is 0 Å². The van der Waals surface area contributed by atoms with Crippen LogP contribution in [0, 0.1) is 12.3 Å². The summed E-state index contributed by atoms with van der Waals surface area (Å²) in [6, 6.07) is 4.77. The Labute approximate surface area is 159 Å². The van der Waals surface area contributed by atoms with Crippen molar-refractivity contribution in [2.45, 2.75) is 24.9 Å². The predicted molar refractivity (Wildman–Crippen MR) is 94.7 cm³/mol. The van der Waals surface area contributed by atoms with Crippen molar-refractivity contribution in [1.29, 1.82) is 0 Å². The van der Waals surface area contributed by atoms with Gasteiger partial charge in [0, 0.05) is 5.92 Å². The van der Waals surface area contributed by atoms with Crippen LogP contribution in [0.1, 0.15) is 40.4 Å². The molecule has 2 amide bonds. The summed E-state index contributed by atoms with van der Waals surface area (Å²) in [6.07, 6.45) is 3.50. The van der Waals surface area contributed by atoms with Crippen LogP contribution in [0.4, 0.5) is 13.2 Å². The van der Waals surface area contributed by atoms with Crippen LogP contribution in [0.25, 0.3) is 5.69 Å². The van der Waals surface area contributed by atoms with Crippen LogP contribution >= 0.6 is 0 Å². The van der Waals surface area contributed by atoms with Gasteiger partial charge in [0.25, 0.3) is 5.91 Å². The van der Waals surface area contributed by atoms with Gasteiger partial charge in [0.15, 0.2) is 0 Å². The minimum absolute atomic E-state index is 0.0352. The highest BCUT2D eigenvalue weighted by Crippen LogP contribution is 2.42. The fraction of sp³-hybridized carbons (Fsp3) is 0.316. The molecule has 0 radical (unpaired) electrons. The Hall–Kier alpha value is -3.28. The molecule has 0 saturated heterocycles. The van der Waals surface area contributed by atoms with E-state index in [0.29, 0.717) is 5.69 Å². The molecule has 2 aromatic rings. The Morgan fingerprint density at radius 2 is 2.04 bits per heavy atom. The topological polar surface area (TPSA) is 76.0 Å². The van der Waals surface area contributed by atoms with Crippen molar-refractivity contribution in [1.82, 2.24) is 20.4 Å². The number of hydrogen-bond acceptors (Lipinski definition) is 3. The third-order valence-electron chi connectivity index (χ3n) is 4.23. The van der Waals surface area contributed by atoms with E-state index in [9.17, 15) is 22.8 Å². The van der Waals surface area contributed by atoms with E-state index in [1.807, 2.05) is 0 Å². The number of alkyl halides is 3. The minimum Gasteiger partial charge on any atom is -0.344 e. The highest BCUT2D eigenvalue weighted by molar-refractivity contribution is 5.97. The number of aromatic nitrogens is 2. The van der Waals surface area contributed by atoms with Gasteiger partial charge in [0.05, 0.1) is 41.8 Å². The summed E-state index contributed by atoms with van der Waals surface area (Å²) in [5.41, 5.74) is 0.214. The Kier molecular flexibility index (Phi) is 5.40. The lowest BCUT2D eigenvalue weighted by atomic mass is 10.1. The SMILES string of the molecule is C#CCNC(=O)CNC(=O)c1cnn(-c2cccc(C(F)(F)F)c2)c1C1CC1. The third kappa shape index (κ3) is 4.34. The molecule has 1 saturated carbocycles. The van der Waals surface area contributed by atoms with E-state index in [2.05, 4.69) is 21.7 Å². The Bertz CT molecular complexity index is 939. The lowest BCUT2D eigenvalue weighted by Gasteiger charge is -2.12. The molecule has 1 fully saturated rings. The van der Waals surface area contributed by atoms with Gasteiger partial charge in [-0.05, 0) is 31.0 Å². The molecular weight excluding hydrogens is 373 g/mol. The third-order valence-corrected chi connectivity index (χ3v) is 4.23. The summed E-state index contributed by atoms with van der Waals surface area (Å²) >= 11 is 0. The fourth-order valence-electron chi connectivity index (χ4n) is 2.77. The lowest BCUT2D eigenvalue weighted by molar-refractivity contribution is -0.137. The maximum Gasteiger partial charge on any atom is 0.416 e. The van der Waals surface area contributed by atoms with Crippen LogP contribution in [-0.2, 0) is 11.0 Å². The predicted octanol–water partition coefficient (Wildman–Crippen LogP) is 2.25. The van der Waals surface area contributed by atoms with Crippen molar-refractivity contribution in [3.8, 4) is 18.0 Å². The van der Waals surface area contributed by atoms with E-state index in [4.69, 9.17) is 6.42 Å². The monoisotopic (exact) mass is 390 g/mol. The molecule has 1 aliphatic rings. The zero-order valence-corrected chi connectivity index (χ0v) is 14.7. The number of carbonyl (C=O) groups excluding carboxylic acids is 2. The number of terminal acetylenes is 1. The second kappa shape index (κ2) is 7.76. The van der Waals surface area contributed by atoms with Crippen LogP contribution in [0.3, 0.4) is 0 Å². The van der Waals surface area contributed by atoms with E-state index < -0.39 is 23.6 Å². The summed E-state index contributed by atoms with van der Waals surface area (Å²) in [7, 11) is 0. The highest BCUT2D eigenvalue weighted by Gasteiger charge is 2.34. The highest BCUT2D eigenvalue weighted by atomic mass is 19.4. The first-order valence-electron chi connectivity index (χ1n) is 8.55. The van der Waals surface area contributed by atoms with Gasteiger partial charge in [-0.2, -0.15) is 18.3 Å². The van der Waals surface area contributed by atoms with Gasteiger partial charge in [0.2, 0.25) is 5.91 Å². The smallest absolute Gasteiger partial charge is 0.344 e. The van der Waals surface area contributed by atoms with Crippen LogP contribution in [0.2, 0.25) is 0 Å². The molecule has 6 nitrogen and oxygen atoms in total. The summed E-state index contributed by atoms with van der Waals surface area (Å²) in [5, 5.41) is 9.03. The molecule has 146 valence electrons. The molecule has 0 unspecified atom stereocenters. The average Bonchev–Trinajstić information content (AvgIpc) is 3.41. The summed E-state index contributed by atoms with van der Waals surface area (Å²) in [6.45, 7) is -0.213. The quantitative estimate of drug-likeness (QED) is 0.743. The normalized spacial score (nSPS) is 13.6. The number of nitrogens with one attached hydrogen (secondary N) is 2. The zero-order valence-electron chi connectivity index (χ0n) is 14.7. The maximum atomic E-state index is 13.0. The van der Waals surface area contributed by atoms with Gasteiger partial charge in [-0.1, -0.05) is 12.0 Å². The van der Waals surface area contributed by atoms with Crippen LogP contribution < -0.4 is 10.6 Å². The van der Waals surface area contributed by atoms with Crippen LogP contribution in [0.5, 0.6) is 0 Å². The maximum absolute atomic E-state index is 13.0. The Morgan fingerprint density at radius 3 is 2.68 bits per heavy atom. The molecule has 3 rings (SSSR count). The molecule has 0 atom stereocenters. The van der Waals surface area contributed by atoms with Gasteiger partial charge in [-0.25, -0.2) is 4.68 Å². The summed E-state index contributed by atoms with van der Waals surface area (Å²) < 4.78 is 40.4. The van der Waals surface area contributed by atoms with Gasteiger partial charge >= 0.3 is 6.18 Å². The molecule has 1 aromatic carbocycles. The van der Waals surface area contributed by atoms with Crippen molar-refractivity contribution < 1.29 is 22.8 Å². The van der Waals surface area contributed by atoms with Crippen molar-refractivity contribution in [2.75, 3.05) is 13.1 Å². The van der Waals surface area contributed by atoms with E-state index in [1.165, 1.54) is 23.0 Å². The second-order valence-electron chi connectivity index (χ2n) is 6.34. The lowest BCUT2D eigenvalue weighted by Crippen LogP contribution is -2.37. The summed E-state index contributed by atoms with van der Waals surface area (Å²) in [4.78, 5) is 24.1. The van der Waals surface area contributed by atoms with Gasteiger partial charge in [0.1, 0.15) is 0 Å². The van der Waals surface area contributed by atoms with Gasteiger partial charge in [-0.15, -0.1) is 6.42 Å². The number of carbonyl (C=O) groups is 2. The second-order valence-corrected chi connectivity index (χ2v) is 6.34. The summed E-state index contributed by atoms with van der Waals surface area (Å²) in [5.74, 6) is 1.33. The molecule has 1 aromatic heterocycles. The largest absolute Gasteiger partial charge is 0.416 e. The number of rotatable bonds is 6. The van der Waals surface area contributed by atoms with Crippen molar-refractivity contribution in [3.63, 3.8) is 0 Å². The molecule has 0 spiro atoms. The Morgan fingerprint density at radius 1 is 1.29 bits per heavy atom. The molecule has 0 aliphatic heterocycles. The molecule has 2 N–H and O–H groups in total. The first kappa shape index (κ1) is 19.5. The zero-order chi connectivity index (χ0) is 20.3. The van der Waals surface area contributed by atoms with E-state index in [-0.39, 0.29) is 30.3 Å². The molecule has 0 bridgehead atoms. The molecular formula is C19H17F3N4O2. The van der Waals surface area contributed by atoms with Crippen LogP contribution in [-0.4, -0.2) is 34.7 Å².